The summed E-state index contributed by atoms with van der Waals surface area (Å²) in [5, 5.41) is 6.91. The fourth-order valence-corrected chi connectivity index (χ4v) is 2.71. The number of nitrogens with zero attached hydrogens (tertiary/aromatic N) is 2. The maximum atomic E-state index is 11.5. The van der Waals surface area contributed by atoms with Crippen LogP contribution in [0.3, 0.4) is 0 Å². The van der Waals surface area contributed by atoms with Crippen LogP contribution in [-0.4, -0.2) is 30.2 Å². The first-order valence-electron chi connectivity index (χ1n) is 8.40. The highest BCUT2D eigenvalue weighted by Crippen LogP contribution is 2.30. The number of ether oxygens (including phenoxy) is 2. The molecule has 0 aliphatic heterocycles. The van der Waals surface area contributed by atoms with E-state index >= 15 is 0 Å². The second kappa shape index (κ2) is 8.58. The normalized spacial score (nSPS) is 10.3. The van der Waals surface area contributed by atoms with Crippen molar-refractivity contribution in [3.05, 3.63) is 64.8 Å². The van der Waals surface area contributed by atoms with Crippen LogP contribution in [0.4, 0.5) is 23.1 Å². The molecule has 0 fully saturated rings. The molecule has 2 aromatic carbocycles. The molecule has 7 nitrogen and oxygen atoms in total. The van der Waals surface area contributed by atoms with Gasteiger partial charge in [-0.15, -0.1) is 0 Å². The summed E-state index contributed by atoms with van der Waals surface area (Å²) in [5.74, 6) is 1.25. The van der Waals surface area contributed by atoms with Gasteiger partial charge in [0.05, 0.1) is 25.5 Å². The Bertz CT molecular complexity index is 993. The molecule has 0 atom stereocenters. The van der Waals surface area contributed by atoms with Crippen LogP contribution in [0.5, 0.6) is 5.75 Å². The quantitative estimate of drug-likeness (QED) is 0.581. The fourth-order valence-electron chi connectivity index (χ4n) is 2.54. The number of aryl methyl sites for hydroxylation is 1. The van der Waals surface area contributed by atoms with Gasteiger partial charge in [0.2, 0.25) is 5.95 Å². The number of halogens is 1. The van der Waals surface area contributed by atoms with Crippen molar-refractivity contribution in [2.75, 3.05) is 24.9 Å². The molecule has 28 heavy (non-hydrogen) atoms. The van der Waals surface area contributed by atoms with Crippen LogP contribution in [0, 0.1) is 6.92 Å². The van der Waals surface area contributed by atoms with Crippen LogP contribution < -0.4 is 15.4 Å². The lowest BCUT2D eigenvalue weighted by Crippen LogP contribution is -2.04. The average molecular weight is 399 g/mol. The van der Waals surface area contributed by atoms with Crippen LogP contribution in [0.25, 0.3) is 0 Å². The van der Waals surface area contributed by atoms with Gasteiger partial charge in [-0.3, -0.25) is 0 Å². The van der Waals surface area contributed by atoms with E-state index in [2.05, 4.69) is 20.6 Å². The van der Waals surface area contributed by atoms with Crippen LogP contribution >= 0.6 is 11.6 Å². The lowest BCUT2D eigenvalue weighted by atomic mass is 10.2. The fraction of sp³-hybridized carbons (Fsp3) is 0.150. The van der Waals surface area contributed by atoms with Gasteiger partial charge in [0.1, 0.15) is 11.6 Å². The Kier molecular flexibility index (Phi) is 5.96. The molecule has 0 saturated carbocycles. The predicted molar refractivity (Wildman–Crippen MR) is 109 cm³/mol. The summed E-state index contributed by atoms with van der Waals surface area (Å²) < 4.78 is 10.0. The molecule has 3 aromatic rings. The molecule has 0 unspecified atom stereocenters. The molecule has 0 aliphatic carbocycles. The van der Waals surface area contributed by atoms with Crippen molar-refractivity contribution >= 4 is 40.7 Å². The third-order valence-corrected chi connectivity index (χ3v) is 4.08. The topological polar surface area (TPSA) is 85.4 Å². The van der Waals surface area contributed by atoms with E-state index < -0.39 is 0 Å². The number of hydrogen-bond acceptors (Lipinski definition) is 7. The number of anilines is 4. The van der Waals surface area contributed by atoms with Crippen LogP contribution in [0.1, 0.15) is 16.1 Å². The Balaban J connectivity index is 1.82. The van der Waals surface area contributed by atoms with Gasteiger partial charge in [0.15, 0.2) is 0 Å². The summed E-state index contributed by atoms with van der Waals surface area (Å²) in [6, 6.07) is 13.9. The second-order valence-corrected chi connectivity index (χ2v) is 6.32. The molecular formula is C20H19ClN4O3. The van der Waals surface area contributed by atoms with Gasteiger partial charge in [-0.05, 0) is 49.4 Å². The van der Waals surface area contributed by atoms with Crippen molar-refractivity contribution in [2.45, 2.75) is 6.92 Å². The zero-order chi connectivity index (χ0) is 20.1. The Hall–Kier alpha value is -3.32. The highest BCUT2D eigenvalue weighted by Gasteiger charge is 2.09. The first-order chi connectivity index (χ1) is 13.5. The molecule has 1 aromatic heterocycles. The summed E-state index contributed by atoms with van der Waals surface area (Å²) >= 11 is 6.08. The minimum atomic E-state index is -0.389. The number of esters is 1. The van der Waals surface area contributed by atoms with E-state index in [1.807, 2.05) is 13.0 Å². The number of benzene rings is 2. The number of methoxy groups -OCH3 is 2. The van der Waals surface area contributed by atoms with E-state index in [0.717, 1.165) is 11.4 Å². The van der Waals surface area contributed by atoms with Gasteiger partial charge in [-0.1, -0.05) is 11.6 Å². The Morgan fingerprint density at radius 3 is 2.43 bits per heavy atom. The lowest BCUT2D eigenvalue weighted by molar-refractivity contribution is 0.0601. The first-order valence-corrected chi connectivity index (χ1v) is 8.78. The maximum absolute atomic E-state index is 11.5. The SMILES string of the molecule is COC(=O)c1ccc(Nc2nc(C)cc(Nc3cc(Cl)ccc3OC)n2)cc1. The average Bonchev–Trinajstić information content (AvgIpc) is 2.68. The Labute approximate surface area is 167 Å². The minimum absolute atomic E-state index is 0.389. The molecule has 144 valence electrons. The predicted octanol–water partition coefficient (Wildman–Crippen LogP) is 4.72. The zero-order valence-electron chi connectivity index (χ0n) is 15.6. The number of hydrogen-bond donors (Lipinski definition) is 2. The van der Waals surface area contributed by atoms with Gasteiger partial charge in [0, 0.05) is 22.5 Å². The third-order valence-electron chi connectivity index (χ3n) is 3.84. The molecule has 8 heteroatoms. The second-order valence-electron chi connectivity index (χ2n) is 5.88. The van der Waals surface area contributed by atoms with Crippen molar-refractivity contribution in [1.29, 1.82) is 0 Å². The summed E-state index contributed by atoms with van der Waals surface area (Å²) in [5.41, 5.74) is 2.67. The number of carbonyl (C=O) groups is 1. The van der Waals surface area contributed by atoms with Crippen molar-refractivity contribution in [3.63, 3.8) is 0 Å². The lowest BCUT2D eigenvalue weighted by Gasteiger charge is -2.13. The van der Waals surface area contributed by atoms with Crippen LogP contribution in [-0.2, 0) is 4.74 Å². The minimum Gasteiger partial charge on any atom is -0.495 e. The molecule has 0 amide bonds. The van der Waals surface area contributed by atoms with E-state index in [4.69, 9.17) is 21.1 Å². The van der Waals surface area contributed by atoms with Gasteiger partial charge in [-0.2, -0.15) is 4.98 Å². The highest BCUT2D eigenvalue weighted by molar-refractivity contribution is 6.31. The molecule has 0 aliphatic rings. The highest BCUT2D eigenvalue weighted by atomic mass is 35.5. The first kappa shape index (κ1) is 19.4. The van der Waals surface area contributed by atoms with Crippen molar-refractivity contribution in [2.24, 2.45) is 0 Å². The maximum Gasteiger partial charge on any atom is 0.337 e. The van der Waals surface area contributed by atoms with Crippen LogP contribution in [0.15, 0.2) is 48.5 Å². The van der Waals surface area contributed by atoms with E-state index in [-0.39, 0.29) is 5.97 Å². The Morgan fingerprint density at radius 2 is 1.75 bits per heavy atom. The number of rotatable bonds is 6. The van der Waals surface area contributed by atoms with Gasteiger partial charge in [0.25, 0.3) is 0 Å². The smallest absolute Gasteiger partial charge is 0.337 e. The molecule has 3 rings (SSSR count). The van der Waals surface area contributed by atoms with E-state index in [0.29, 0.717) is 33.8 Å². The summed E-state index contributed by atoms with van der Waals surface area (Å²) in [7, 11) is 2.93. The van der Waals surface area contributed by atoms with E-state index in [9.17, 15) is 4.79 Å². The summed E-state index contributed by atoms with van der Waals surface area (Å²) in [6.45, 7) is 1.87. The third kappa shape index (κ3) is 4.69. The number of aromatic nitrogens is 2. The molecule has 0 saturated heterocycles. The van der Waals surface area contributed by atoms with Crippen molar-refractivity contribution in [3.8, 4) is 5.75 Å². The monoisotopic (exact) mass is 398 g/mol. The molecule has 1 heterocycles. The zero-order valence-corrected chi connectivity index (χ0v) is 16.4. The summed E-state index contributed by atoms with van der Waals surface area (Å²) in [4.78, 5) is 20.4. The molecule has 0 radical (unpaired) electrons. The molecular weight excluding hydrogens is 380 g/mol. The molecule has 0 spiro atoms. The molecule has 0 bridgehead atoms. The summed E-state index contributed by atoms with van der Waals surface area (Å²) in [6.07, 6.45) is 0. The van der Waals surface area contributed by atoms with Gasteiger partial charge >= 0.3 is 5.97 Å². The Morgan fingerprint density at radius 1 is 1.00 bits per heavy atom. The van der Waals surface area contributed by atoms with Gasteiger partial charge in [-0.25, -0.2) is 9.78 Å². The van der Waals surface area contributed by atoms with Crippen LogP contribution in [0.2, 0.25) is 5.02 Å². The number of carbonyl (C=O) groups excluding carboxylic acids is 1. The number of nitrogens with one attached hydrogen (secondary N) is 2. The van der Waals surface area contributed by atoms with Crippen molar-refractivity contribution in [1.82, 2.24) is 9.97 Å². The van der Waals surface area contributed by atoms with E-state index in [1.54, 1.807) is 49.6 Å². The standard InChI is InChI=1S/C20H19ClN4O3/c1-12-10-18(24-16-11-14(21)6-9-17(16)27-2)25-20(22-12)23-15-7-4-13(5-8-15)19(26)28-3/h4-11H,1-3H3,(H2,22,23,24,25). The largest absolute Gasteiger partial charge is 0.495 e. The van der Waals surface area contributed by atoms with Gasteiger partial charge < -0.3 is 20.1 Å². The molecule has 2 N–H and O–H groups in total. The van der Waals surface area contributed by atoms with Crippen molar-refractivity contribution < 1.29 is 14.3 Å². The van der Waals surface area contributed by atoms with E-state index in [1.165, 1.54) is 7.11 Å².